The fourth-order valence-corrected chi connectivity index (χ4v) is 5.73. The zero-order valence-electron chi connectivity index (χ0n) is 14.8. The second-order valence-corrected chi connectivity index (χ2v) is 8.69. The maximum Gasteiger partial charge on any atom is 0.162 e. The highest BCUT2D eigenvalue weighted by molar-refractivity contribution is 5.61. The van der Waals surface area contributed by atoms with E-state index in [0.29, 0.717) is 6.61 Å². The first kappa shape index (κ1) is 16.2. The van der Waals surface area contributed by atoms with Crippen molar-refractivity contribution in [3.63, 3.8) is 0 Å². The molecule has 0 amide bonds. The Labute approximate surface area is 143 Å². The Kier molecular flexibility index (Phi) is 3.46. The summed E-state index contributed by atoms with van der Waals surface area (Å²) >= 11 is 0. The number of phenolic OH excluding ortho intramolecular Hbond substituents is 2. The first-order valence-electron chi connectivity index (χ1n) is 9.16. The molecule has 1 aromatic carbocycles. The molecular formula is C20H28O4. The van der Waals surface area contributed by atoms with Crippen LogP contribution in [0.1, 0.15) is 75.2 Å². The van der Waals surface area contributed by atoms with Crippen LogP contribution in [0.2, 0.25) is 0 Å². The Balaban J connectivity index is 1.95. The normalized spacial score (nSPS) is 37.4. The molecule has 2 aliphatic carbocycles. The molecule has 1 spiro atoms. The van der Waals surface area contributed by atoms with Gasteiger partial charge in [-0.3, -0.25) is 0 Å². The molecule has 3 N–H and O–H groups in total. The standard InChI is InChI=1S/C20H28O4/c1-11(2)12-7-13-14-8-15-19(3,9-21)5-4-6-20(15,10-24-14)16(13)18(23)17(12)22/h7,11,14-15,21-23H,4-6,8-10H2,1-3H3/t14-,15?,19+,20+/m0/s1. The molecule has 1 saturated heterocycles. The molecule has 2 aliphatic heterocycles. The van der Waals surface area contributed by atoms with Crippen LogP contribution in [0.4, 0.5) is 0 Å². The van der Waals surface area contributed by atoms with Gasteiger partial charge in [-0.1, -0.05) is 27.2 Å². The van der Waals surface area contributed by atoms with Crippen molar-refractivity contribution in [2.24, 2.45) is 11.3 Å². The van der Waals surface area contributed by atoms with Crippen LogP contribution in [-0.4, -0.2) is 28.5 Å². The van der Waals surface area contributed by atoms with Crippen LogP contribution < -0.4 is 0 Å². The average Bonchev–Trinajstić information content (AvgIpc) is 2.57. The number of rotatable bonds is 2. The number of fused-ring (bicyclic) bond motifs is 1. The van der Waals surface area contributed by atoms with Crippen LogP contribution in [0.3, 0.4) is 0 Å². The van der Waals surface area contributed by atoms with E-state index in [1.165, 1.54) is 0 Å². The molecule has 2 fully saturated rings. The quantitative estimate of drug-likeness (QED) is 0.722. The van der Waals surface area contributed by atoms with Gasteiger partial charge in [0.15, 0.2) is 11.5 Å². The topological polar surface area (TPSA) is 69.9 Å². The lowest BCUT2D eigenvalue weighted by molar-refractivity contribution is -0.150. The molecule has 24 heavy (non-hydrogen) atoms. The number of phenols is 2. The third kappa shape index (κ3) is 1.87. The van der Waals surface area contributed by atoms with E-state index in [1.807, 2.05) is 19.9 Å². The molecule has 1 saturated carbocycles. The summed E-state index contributed by atoms with van der Waals surface area (Å²) in [6, 6.07) is 2.04. The lowest BCUT2D eigenvalue weighted by Crippen LogP contribution is -2.58. The van der Waals surface area contributed by atoms with Crippen LogP contribution in [0.5, 0.6) is 11.5 Å². The Hall–Kier alpha value is -1.26. The first-order valence-corrected chi connectivity index (χ1v) is 9.16. The summed E-state index contributed by atoms with van der Waals surface area (Å²) < 4.78 is 6.16. The van der Waals surface area contributed by atoms with Crippen LogP contribution in [0.25, 0.3) is 0 Å². The molecule has 1 aromatic rings. The van der Waals surface area contributed by atoms with Crippen molar-refractivity contribution in [3.05, 3.63) is 22.8 Å². The summed E-state index contributed by atoms with van der Waals surface area (Å²) in [6.07, 6.45) is 3.81. The van der Waals surface area contributed by atoms with Crippen LogP contribution in [0.15, 0.2) is 6.07 Å². The summed E-state index contributed by atoms with van der Waals surface area (Å²) in [4.78, 5) is 0. The van der Waals surface area contributed by atoms with Gasteiger partial charge in [0, 0.05) is 23.1 Å². The van der Waals surface area contributed by atoms with Gasteiger partial charge in [0.2, 0.25) is 0 Å². The van der Waals surface area contributed by atoms with E-state index in [1.54, 1.807) is 0 Å². The number of hydrogen-bond acceptors (Lipinski definition) is 4. The number of aliphatic hydroxyl groups is 1. The fraction of sp³-hybridized carbons (Fsp3) is 0.700. The SMILES string of the molecule is CC(C)c1cc2c(c(O)c1O)[C@@]13CCC[C@](C)(CO)C1C[C@@H]2OC3. The van der Waals surface area contributed by atoms with Crippen LogP contribution in [0, 0.1) is 11.3 Å². The maximum absolute atomic E-state index is 10.9. The highest BCUT2D eigenvalue weighted by Gasteiger charge is 2.60. The largest absolute Gasteiger partial charge is 0.504 e. The molecule has 132 valence electrons. The number of ether oxygens (including phenoxy) is 1. The first-order chi connectivity index (χ1) is 11.3. The van der Waals surface area contributed by atoms with Crippen molar-refractivity contribution in [2.75, 3.05) is 13.2 Å². The Morgan fingerprint density at radius 2 is 2.00 bits per heavy atom. The van der Waals surface area contributed by atoms with E-state index in [0.717, 1.165) is 42.4 Å². The summed E-state index contributed by atoms with van der Waals surface area (Å²) in [7, 11) is 0. The number of aromatic hydroxyl groups is 2. The Morgan fingerprint density at radius 1 is 1.25 bits per heavy atom. The van der Waals surface area contributed by atoms with Gasteiger partial charge in [-0.25, -0.2) is 0 Å². The molecule has 1 unspecified atom stereocenters. The zero-order valence-corrected chi connectivity index (χ0v) is 14.8. The van der Waals surface area contributed by atoms with Crippen molar-refractivity contribution < 1.29 is 20.1 Å². The van der Waals surface area contributed by atoms with Crippen molar-refractivity contribution >= 4 is 0 Å². The fourth-order valence-electron chi connectivity index (χ4n) is 5.73. The Morgan fingerprint density at radius 3 is 2.67 bits per heavy atom. The molecule has 2 bridgehead atoms. The maximum atomic E-state index is 10.9. The highest BCUT2D eigenvalue weighted by Crippen LogP contribution is 2.65. The smallest absolute Gasteiger partial charge is 0.162 e. The van der Waals surface area contributed by atoms with E-state index < -0.39 is 0 Å². The molecule has 4 atom stereocenters. The van der Waals surface area contributed by atoms with Gasteiger partial charge in [-0.2, -0.15) is 0 Å². The van der Waals surface area contributed by atoms with Gasteiger partial charge >= 0.3 is 0 Å². The number of hydrogen-bond donors (Lipinski definition) is 3. The van der Waals surface area contributed by atoms with Crippen LogP contribution >= 0.6 is 0 Å². The molecular weight excluding hydrogens is 304 g/mol. The van der Waals surface area contributed by atoms with Gasteiger partial charge in [0.1, 0.15) is 0 Å². The lowest BCUT2D eigenvalue weighted by atomic mass is 9.47. The number of aliphatic hydroxyl groups excluding tert-OH is 1. The van der Waals surface area contributed by atoms with Gasteiger partial charge in [-0.15, -0.1) is 0 Å². The van der Waals surface area contributed by atoms with E-state index in [9.17, 15) is 15.3 Å². The second-order valence-electron chi connectivity index (χ2n) is 8.69. The van der Waals surface area contributed by atoms with E-state index in [4.69, 9.17) is 4.74 Å². The van der Waals surface area contributed by atoms with Gasteiger partial charge < -0.3 is 20.1 Å². The minimum absolute atomic E-state index is 0.0284. The molecule has 4 nitrogen and oxygen atoms in total. The van der Waals surface area contributed by atoms with Gasteiger partial charge in [-0.05, 0) is 48.1 Å². The minimum Gasteiger partial charge on any atom is -0.504 e. The van der Waals surface area contributed by atoms with E-state index in [-0.39, 0.29) is 46.9 Å². The molecule has 4 aliphatic rings. The predicted molar refractivity (Wildman–Crippen MR) is 91.4 cm³/mol. The third-order valence-electron chi connectivity index (χ3n) is 7.03. The van der Waals surface area contributed by atoms with Gasteiger partial charge in [0.05, 0.1) is 12.7 Å². The number of benzene rings is 1. The van der Waals surface area contributed by atoms with Crippen molar-refractivity contribution in [3.8, 4) is 11.5 Å². The van der Waals surface area contributed by atoms with Crippen molar-refractivity contribution in [2.45, 2.75) is 63.9 Å². The van der Waals surface area contributed by atoms with E-state index >= 15 is 0 Å². The second kappa shape index (κ2) is 5.12. The van der Waals surface area contributed by atoms with Crippen molar-refractivity contribution in [1.29, 1.82) is 0 Å². The summed E-state index contributed by atoms with van der Waals surface area (Å²) in [6.45, 7) is 6.95. The third-order valence-corrected chi connectivity index (χ3v) is 7.03. The summed E-state index contributed by atoms with van der Waals surface area (Å²) in [5, 5.41) is 31.5. The van der Waals surface area contributed by atoms with E-state index in [2.05, 4.69) is 6.92 Å². The zero-order chi connectivity index (χ0) is 17.3. The van der Waals surface area contributed by atoms with Crippen LogP contribution in [-0.2, 0) is 10.2 Å². The summed E-state index contributed by atoms with van der Waals surface area (Å²) in [5.74, 6) is 0.506. The molecule has 4 heteroatoms. The molecule has 0 aromatic heterocycles. The predicted octanol–water partition coefficient (Wildman–Crippen LogP) is 3.73. The molecule has 5 rings (SSSR count). The minimum atomic E-state index is -0.281. The monoisotopic (exact) mass is 332 g/mol. The average molecular weight is 332 g/mol. The molecule has 0 radical (unpaired) electrons. The summed E-state index contributed by atoms with van der Waals surface area (Å²) in [5.41, 5.74) is 2.32. The Bertz CT molecular complexity index is 683. The van der Waals surface area contributed by atoms with Gasteiger partial charge in [0.25, 0.3) is 0 Å². The lowest BCUT2D eigenvalue weighted by Gasteiger charge is -2.61. The highest BCUT2D eigenvalue weighted by atomic mass is 16.5. The van der Waals surface area contributed by atoms with Crippen molar-refractivity contribution in [1.82, 2.24) is 0 Å². The molecule has 2 heterocycles.